The number of unbranched alkanes of at least 4 members (excludes halogenated alkanes) is 18. The number of rotatable bonds is 47. The Kier molecular flexibility index (Phi) is 47.1. The van der Waals surface area contributed by atoms with Gasteiger partial charge < -0.3 is 39.4 Å². The van der Waals surface area contributed by atoms with Gasteiger partial charge in [0.1, 0.15) is 30.5 Å². The molecule has 0 amide bonds. The van der Waals surface area contributed by atoms with Gasteiger partial charge in [-0.05, 0) is 103 Å². The molecule has 6 atom stereocenters. The van der Waals surface area contributed by atoms with Crippen LogP contribution >= 0.6 is 0 Å². The van der Waals surface area contributed by atoms with Gasteiger partial charge in [0, 0.05) is 13.0 Å². The number of ether oxygens (including phenoxy) is 4. The summed E-state index contributed by atoms with van der Waals surface area (Å²) in [6, 6.07) is 0. The first-order valence-corrected chi connectivity index (χ1v) is 28.0. The molecule has 1 aliphatic heterocycles. The quantitative estimate of drug-likeness (QED) is 0.0267. The van der Waals surface area contributed by atoms with Crippen LogP contribution in [-0.4, -0.2) is 89.6 Å². The summed E-state index contributed by atoms with van der Waals surface area (Å²) in [6.45, 7) is 4.38. The molecule has 400 valence electrons. The SMILES string of the molecule is CC/C=C\C/C=C\C/C=C\C/C=C\C/C=C\C/C=C\CCCCCCCCCOCC(COC1OC(CO)C(O)C(O)C1O)OC(=O)CCCCCCCC/C=C\C/C=C\C/C=C\CCCCCCC. The van der Waals surface area contributed by atoms with E-state index >= 15 is 0 Å². The third-order valence-corrected chi connectivity index (χ3v) is 12.2. The summed E-state index contributed by atoms with van der Waals surface area (Å²) >= 11 is 0. The Bertz CT molecular complexity index is 1440. The van der Waals surface area contributed by atoms with Crippen molar-refractivity contribution in [2.24, 2.45) is 0 Å². The summed E-state index contributed by atoms with van der Waals surface area (Å²) in [5.41, 5.74) is 0. The van der Waals surface area contributed by atoms with Gasteiger partial charge in [0.25, 0.3) is 0 Å². The maximum absolute atomic E-state index is 12.9. The lowest BCUT2D eigenvalue weighted by Gasteiger charge is -2.39. The average Bonchev–Trinajstić information content (AvgIpc) is 3.36. The van der Waals surface area contributed by atoms with Crippen LogP contribution in [0.15, 0.2) is 109 Å². The standard InChI is InChI=1S/C61H102O9/c1-3-5-7-9-11-13-15-17-19-21-23-25-26-27-28-29-31-33-35-37-39-41-43-45-47-49-51-67-53-55(54-68-61-60(66)59(65)58(64)56(52-62)70-61)69-57(63)50-48-46-44-42-40-38-36-34-32-30-24-22-20-18-16-14-12-10-8-6-4-2/h5,7,11,13,16-19,22-25,27-28,31-34,55-56,58-62,64-66H,3-4,6,8-10,12,14-15,20-21,26,29-30,35-54H2,1-2H3/b7-5-,13-11-,18-16-,19-17-,24-22-,25-23-,28-27-,33-31-,34-32-. The van der Waals surface area contributed by atoms with Crippen molar-refractivity contribution in [2.45, 2.75) is 243 Å². The minimum Gasteiger partial charge on any atom is -0.457 e. The number of hydrogen-bond acceptors (Lipinski definition) is 9. The van der Waals surface area contributed by atoms with Gasteiger partial charge in [-0.1, -0.05) is 207 Å². The van der Waals surface area contributed by atoms with Gasteiger partial charge in [-0.15, -0.1) is 0 Å². The molecule has 1 aliphatic rings. The Labute approximate surface area is 427 Å². The Morgan fingerprint density at radius 2 is 0.871 bits per heavy atom. The molecule has 4 N–H and O–H groups in total. The minimum atomic E-state index is -1.55. The monoisotopic (exact) mass is 979 g/mol. The minimum absolute atomic E-state index is 0.124. The molecule has 0 spiro atoms. The van der Waals surface area contributed by atoms with Crippen molar-refractivity contribution in [1.82, 2.24) is 0 Å². The molecular formula is C61H102O9. The van der Waals surface area contributed by atoms with Gasteiger partial charge in [-0.2, -0.15) is 0 Å². The van der Waals surface area contributed by atoms with E-state index in [9.17, 15) is 25.2 Å². The van der Waals surface area contributed by atoms with Crippen molar-refractivity contribution < 1.29 is 44.2 Å². The van der Waals surface area contributed by atoms with E-state index in [1.807, 2.05) is 0 Å². The van der Waals surface area contributed by atoms with Crippen LogP contribution in [0.2, 0.25) is 0 Å². The molecule has 0 aromatic rings. The third-order valence-electron chi connectivity index (χ3n) is 12.2. The Morgan fingerprint density at radius 1 is 0.471 bits per heavy atom. The molecule has 1 rings (SSSR count). The molecule has 9 heteroatoms. The zero-order valence-corrected chi connectivity index (χ0v) is 44.2. The van der Waals surface area contributed by atoms with Crippen LogP contribution in [0.5, 0.6) is 0 Å². The summed E-state index contributed by atoms with van der Waals surface area (Å²) < 4.78 is 22.9. The third kappa shape index (κ3) is 40.4. The molecule has 0 radical (unpaired) electrons. The predicted molar refractivity (Wildman–Crippen MR) is 293 cm³/mol. The Morgan fingerprint density at radius 3 is 1.31 bits per heavy atom. The number of allylic oxidation sites excluding steroid dienone is 18. The number of aliphatic hydroxyl groups excluding tert-OH is 4. The molecule has 0 saturated carbocycles. The fraction of sp³-hybridized carbons (Fsp3) is 0.689. The Hall–Kier alpha value is -3.15. The smallest absolute Gasteiger partial charge is 0.306 e. The summed E-state index contributed by atoms with van der Waals surface area (Å²) in [5, 5.41) is 40.3. The highest BCUT2D eigenvalue weighted by molar-refractivity contribution is 5.69. The Balaban J connectivity index is 2.22. The van der Waals surface area contributed by atoms with Crippen molar-refractivity contribution in [3.05, 3.63) is 109 Å². The first-order chi connectivity index (χ1) is 34.4. The molecule has 0 aromatic heterocycles. The number of carbonyl (C=O) groups excluding carboxylic acids is 1. The van der Waals surface area contributed by atoms with E-state index in [0.29, 0.717) is 13.0 Å². The molecule has 0 bridgehead atoms. The number of esters is 1. The lowest BCUT2D eigenvalue weighted by atomic mass is 9.99. The van der Waals surface area contributed by atoms with Crippen LogP contribution in [0.4, 0.5) is 0 Å². The first-order valence-electron chi connectivity index (χ1n) is 28.0. The van der Waals surface area contributed by atoms with Crippen LogP contribution in [0.3, 0.4) is 0 Å². The largest absolute Gasteiger partial charge is 0.457 e. The zero-order chi connectivity index (χ0) is 50.6. The molecule has 70 heavy (non-hydrogen) atoms. The molecule has 9 nitrogen and oxygen atoms in total. The molecular weight excluding hydrogens is 877 g/mol. The lowest BCUT2D eigenvalue weighted by molar-refractivity contribution is -0.305. The van der Waals surface area contributed by atoms with Gasteiger partial charge in [0.15, 0.2) is 6.29 Å². The molecule has 6 unspecified atom stereocenters. The van der Waals surface area contributed by atoms with Crippen LogP contribution in [0, 0.1) is 0 Å². The maximum atomic E-state index is 12.9. The predicted octanol–water partition coefficient (Wildman–Crippen LogP) is 14.5. The molecule has 0 aliphatic carbocycles. The first kappa shape index (κ1) is 64.9. The van der Waals surface area contributed by atoms with E-state index < -0.39 is 43.4 Å². The molecule has 1 saturated heterocycles. The normalized spacial score (nSPS) is 19.8. The highest BCUT2D eigenvalue weighted by Gasteiger charge is 2.44. The van der Waals surface area contributed by atoms with E-state index in [1.54, 1.807) is 0 Å². The van der Waals surface area contributed by atoms with Crippen LogP contribution in [0.25, 0.3) is 0 Å². The van der Waals surface area contributed by atoms with Gasteiger partial charge in [0.05, 0.1) is 19.8 Å². The van der Waals surface area contributed by atoms with E-state index in [-0.39, 0.29) is 19.2 Å². The number of hydrogen-bond donors (Lipinski definition) is 4. The van der Waals surface area contributed by atoms with Gasteiger partial charge in [-0.3, -0.25) is 4.79 Å². The van der Waals surface area contributed by atoms with Crippen molar-refractivity contribution in [1.29, 1.82) is 0 Å². The zero-order valence-electron chi connectivity index (χ0n) is 44.2. The average molecular weight is 979 g/mol. The summed E-state index contributed by atoms with van der Waals surface area (Å²) in [4.78, 5) is 12.9. The topological polar surface area (TPSA) is 135 Å². The number of carbonyl (C=O) groups is 1. The van der Waals surface area contributed by atoms with Crippen molar-refractivity contribution in [2.75, 3.05) is 26.4 Å². The van der Waals surface area contributed by atoms with Crippen LogP contribution < -0.4 is 0 Å². The summed E-state index contributed by atoms with van der Waals surface area (Å²) in [6.07, 6.45) is 65.5. The highest BCUT2D eigenvalue weighted by atomic mass is 16.7. The summed E-state index contributed by atoms with van der Waals surface area (Å²) in [7, 11) is 0. The lowest BCUT2D eigenvalue weighted by Crippen LogP contribution is -2.59. The second-order valence-electron chi connectivity index (χ2n) is 18.6. The van der Waals surface area contributed by atoms with Crippen molar-refractivity contribution in [3.63, 3.8) is 0 Å². The highest BCUT2D eigenvalue weighted by Crippen LogP contribution is 2.23. The number of aliphatic hydroxyl groups is 4. The van der Waals surface area contributed by atoms with E-state index in [0.717, 1.165) is 109 Å². The second kappa shape index (κ2) is 50.8. The second-order valence-corrected chi connectivity index (χ2v) is 18.6. The van der Waals surface area contributed by atoms with E-state index in [2.05, 4.69) is 123 Å². The summed E-state index contributed by atoms with van der Waals surface area (Å²) in [5.74, 6) is -0.333. The van der Waals surface area contributed by atoms with Crippen molar-refractivity contribution >= 4 is 5.97 Å². The van der Waals surface area contributed by atoms with Gasteiger partial charge in [-0.25, -0.2) is 0 Å². The van der Waals surface area contributed by atoms with Crippen molar-refractivity contribution in [3.8, 4) is 0 Å². The van der Waals surface area contributed by atoms with E-state index in [1.165, 1.54) is 77.0 Å². The van der Waals surface area contributed by atoms with Gasteiger partial charge in [0.2, 0.25) is 0 Å². The fourth-order valence-corrected chi connectivity index (χ4v) is 7.85. The molecule has 1 heterocycles. The molecule has 0 aromatic carbocycles. The maximum Gasteiger partial charge on any atom is 0.306 e. The molecule has 1 fully saturated rings. The van der Waals surface area contributed by atoms with E-state index in [4.69, 9.17) is 18.9 Å². The van der Waals surface area contributed by atoms with Crippen LogP contribution in [-0.2, 0) is 23.7 Å². The van der Waals surface area contributed by atoms with Gasteiger partial charge >= 0.3 is 5.97 Å². The van der Waals surface area contributed by atoms with Crippen LogP contribution in [0.1, 0.15) is 206 Å². The fourth-order valence-electron chi connectivity index (χ4n) is 7.85.